The molecule has 0 aliphatic carbocycles. The number of benzene rings is 2. The van der Waals surface area contributed by atoms with Crippen molar-refractivity contribution in [1.29, 1.82) is 0 Å². The zero-order valence-corrected chi connectivity index (χ0v) is 13.5. The van der Waals surface area contributed by atoms with E-state index < -0.39 is 0 Å². The first-order chi connectivity index (χ1) is 12.2. The highest BCUT2D eigenvalue weighted by atomic mass is 16.7. The van der Waals surface area contributed by atoms with Crippen LogP contribution in [0.5, 0.6) is 0 Å². The molecular formula is C18H16N4O3. The van der Waals surface area contributed by atoms with E-state index in [0.717, 1.165) is 11.0 Å². The van der Waals surface area contributed by atoms with Crippen molar-refractivity contribution in [1.82, 2.24) is 20.5 Å². The molecular weight excluding hydrogens is 320 g/mol. The number of nitrogens with one attached hydrogen (secondary N) is 1. The standard InChI is InChI=1S/C18H16N4O3/c1-12(17-10-13-6-2-5-9-16(13)25-17)19-18(23)11-24-22-15-8-4-3-7-14(15)20-21-22/h2-10,12H,11H2,1H3,(H,19,23). The topological polar surface area (TPSA) is 82.2 Å². The first kappa shape index (κ1) is 15.2. The molecule has 2 aromatic heterocycles. The molecule has 0 saturated carbocycles. The zero-order chi connectivity index (χ0) is 17.2. The average Bonchev–Trinajstić information content (AvgIpc) is 3.24. The molecule has 0 radical (unpaired) electrons. The summed E-state index contributed by atoms with van der Waals surface area (Å²) in [6.45, 7) is 1.69. The van der Waals surface area contributed by atoms with Gasteiger partial charge in [-0.2, -0.15) is 0 Å². The Morgan fingerprint density at radius 3 is 2.92 bits per heavy atom. The SMILES string of the molecule is CC(NC(=O)COn1nnc2ccccc21)c1cc2ccccc2o1. The van der Waals surface area contributed by atoms with Crippen LogP contribution in [0.15, 0.2) is 59.0 Å². The predicted molar refractivity (Wildman–Crippen MR) is 91.7 cm³/mol. The quantitative estimate of drug-likeness (QED) is 0.605. The van der Waals surface area contributed by atoms with Crippen LogP contribution >= 0.6 is 0 Å². The van der Waals surface area contributed by atoms with Gasteiger partial charge in [-0.15, -0.1) is 5.10 Å². The number of para-hydroxylation sites is 2. The van der Waals surface area contributed by atoms with Gasteiger partial charge in [-0.3, -0.25) is 4.79 Å². The summed E-state index contributed by atoms with van der Waals surface area (Å²) in [6, 6.07) is 16.7. The fourth-order valence-corrected chi connectivity index (χ4v) is 2.63. The number of hydrogen-bond donors (Lipinski definition) is 1. The Hall–Kier alpha value is -3.35. The Morgan fingerprint density at radius 1 is 1.24 bits per heavy atom. The molecule has 1 unspecified atom stereocenters. The number of carbonyl (C=O) groups is 1. The number of furan rings is 1. The maximum Gasteiger partial charge on any atom is 0.261 e. The molecule has 0 spiro atoms. The predicted octanol–water partition coefficient (Wildman–Crippen LogP) is 2.48. The van der Waals surface area contributed by atoms with Crippen molar-refractivity contribution in [2.45, 2.75) is 13.0 Å². The third-order valence-corrected chi connectivity index (χ3v) is 3.89. The van der Waals surface area contributed by atoms with Gasteiger partial charge in [-0.25, -0.2) is 0 Å². The molecule has 1 atom stereocenters. The molecule has 0 fully saturated rings. The van der Waals surface area contributed by atoms with Crippen LogP contribution in [0.25, 0.3) is 22.0 Å². The largest absolute Gasteiger partial charge is 0.459 e. The normalized spacial score (nSPS) is 12.4. The van der Waals surface area contributed by atoms with Gasteiger partial charge in [0.1, 0.15) is 22.4 Å². The van der Waals surface area contributed by atoms with Crippen LogP contribution in [0.1, 0.15) is 18.7 Å². The summed E-state index contributed by atoms with van der Waals surface area (Å²) in [5.41, 5.74) is 2.21. The average molecular weight is 336 g/mol. The minimum atomic E-state index is -0.271. The molecule has 2 aromatic carbocycles. The van der Waals surface area contributed by atoms with Gasteiger partial charge in [0, 0.05) is 5.39 Å². The van der Waals surface area contributed by atoms with Crippen LogP contribution in [0.4, 0.5) is 0 Å². The summed E-state index contributed by atoms with van der Waals surface area (Å²) in [6.07, 6.45) is 0. The number of hydrogen-bond acceptors (Lipinski definition) is 5. The number of fused-ring (bicyclic) bond motifs is 2. The van der Waals surface area contributed by atoms with Gasteiger partial charge in [0.05, 0.1) is 6.04 Å². The first-order valence-corrected chi connectivity index (χ1v) is 7.92. The van der Waals surface area contributed by atoms with E-state index in [1.165, 1.54) is 4.85 Å². The van der Waals surface area contributed by atoms with E-state index in [9.17, 15) is 4.79 Å². The van der Waals surface area contributed by atoms with Gasteiger partial charge in [0.15, 0.2) is 6.61 Å². The van der Waals surface area contributed by atoms with Gasteiger partial charge >= 0.3 is 0 Å². The van der Waals surface area contributed by atoms with Gasteiger partial charge in [0.2, 0.25) is 0 Å². The van der Waals surface area contributed by atoms with Crippen molar-refractivity contribution in [3.63, 3.8) is 0 Å². The number of nitrogens with zero attached hydrogens (tertiary/aromatic N) is 3. The Labute approximate surface area is 143 Å². The van der Waals surface area contributed by atoms with Crippen LogP contribution in [-0.4, -0.2) is 27.7 Å². The second kappa shape index (κ2) is 6.27. The highest BCUT2D eigenvalue weighted by molar-refractivity contribution is 5.80. The van der Waals surface area contributed by atoms with Crippen molar-refractivity contribution in [2.24, 2.45) is 0 Å². The van der Waals surface area contributed by atoms with Crippen molar-refractivity contribution in [3.8, 4) is 0 Å². The molecule has 1 N–H and O–H groups in total. The lowest BCUT2D eigenvalue weighted by Crippen LogP contribution is -2.33. The molecule has 4 aromatic rings. The lowest BCUT2D eigenvalue weighted by molar-refractivity contribution is -0.127. The minimum Gasteiger partial charge on any atom is -0.459 e. The third kappa shape index (κ3) is 3.03. The van der Waals surface area contributed by atoms with Gasteiger partial charge < -0.3 is 14.6 Å². The lowest BCUT2D eigenvalue weighted by atomic mass is 10.2. The van der Waals surface area contributed by atoms with E-state index in [0.29, 0.717) is 16.8 Å². The molecule has 1 amide bonds. The van der Waals surface area contributed by atoms with Crippen molar-refractivity contribution in [3.05, 3.63) is 60.4 Å². The fourth-order valence-electron chi connectivity index (χ4n) is 2.63. The highest BCUT2D eigenvalue weighted by Gasteiger charge is 2.15. The number of carbonyl (C=O) groups excluding carboxylic acids is 1. The first-order valence-electron chi connectivity index (χ1n) is 7.92. The maximum absolute atomic E-state index is 12.1. The van der Waals surface area contributed by atoms with Crippen LogP contribution in [-0.2, 0) is 4.79 Å². The highest BCUT2D eigenvalue weighted by Crippen LogP contribution is 2.23. The minimum absolute atomic E-state index is 0.169. The van der Waals surface area contributed by atoms with E-state index in [2.05, 4.69) is 15.6 Å². The Balaban J connectivity index is 1.39. The van der Waals surface area contributed by atoms with Crippen molar-refractivity contribution < 1.29 is 14.0 Å². The third-order valence-electron chi connectivity index (χ3n) is 3.89. The molecule has 7 nitrogen and oxygen atoms in total. The molecule has 25 heavy (non-hydrogen) atoms. The molecule has 7 heteroatoms. The van der Waals surface area contributed by atoms with E-state index in [1.54, 1.807) is 0 Å². The maximum atomic E-state index is 12.1. The summed E-state index contributed by atoms with van der Waals surface area (Å²) >= 11 is 0. The summed E-state index contributed by atoms with van der Waals surface area (Å²) in [4.78, 5) is 18.8. The number of rotatable bonds is 5. The van der Waals surface area contributed by atoms with E-state index >= 15 is 0 Å². The monoisotopic (exact) mass is 336 g/mol. The van der Waals surface area contributed by atoms with E-state index in [1.807, 2.05) is 61.5 Å². The molecule has 0 saturated heterocycles. The number of amides is 1. The summed E-state index contributed by atoms with van der Waals surface area (Å²) in [5, 5.41) is 11.7. The Morgan fingerprint density at radius 2 is 2.04 bits per heavy atom. The second-order valence-corrected chi connectivity index (χ2v) is 5.70. The Kier molecular flexibility index (Phi) is 3.81. The van der Waals surface area contributed by atoms with Crippen molar-refractivity contribution in [2.75, 3.05) is 6.61 Å². The van der Waals surface area contributed by atoms with Gasteiger partial charge in [-0.1, -0.05) is 35.2 Å². The smallest absolute Gasteiger partial charge is 0.261 e. The molecule has 126 valence electrons. The summed E-state index contributed by atoms with van der Waals surface area (Å²) < 4.78 is 5.76. The van der Waals surface area contributed by atoms with E-state index in [4.69, 9.17) is 9.25 Å². The number of aromatic nitrogens is 3. The van der Waals surface area contributed by atoms with Crippen LogP contribution in [0.3, 0.4) is 0 Å². The van der Waals surface area contributed by atoms with Crippen LogP contribution in [0.2, 0.25) is 0 Å². The molecule has 0 aliphatic heterocycles. The van der Waals surface area contributed by atoms with Crippen molar-refractivity contribution >= 4 is 27.9 Å². The van der Waals surface area contributed by atoms with Gasteiger partial charge in [-0.05, 0) is 36.4 Å². The molecule has 0 bridgehead atoms. The molecule has 4 rings (SSSR count). The van der Waals surface area contributed by atoms with E-state index in [-0.39, 0.29) is 18.6 Å². The lowest BCUT2D eigenvalue weighted by Gasteiger charge is -2.11. The molecule has 2 heterocycles. The fraction of sp³-hybridized carbons (Fsp3) is 0.167. The summed E-state index contributed by atoms with van der Waals surface area (Å²) in [7, 11) is 0. The van der Waals surface area contributed by atoms with Gasteiger partial charge in [0.25, 0.3) is 5.91 Å². The Bertz CT molecular complexity index is 1000. The molecule has 0 aliphatic rings. The van der Waals surface area contributed by atoms with Crippen LogP contribution < -0.4 is 10.2 Å². The summed E-state index contributed by atoms with van der Waals surface area (Å²) in [5.74, 6) is 0.424. The zero-order valence-electron chi connectivity index (χ0n) is 13.5. The van der Waals surface area contributed by atoms with Crippen LogP contribution in [0, 0.1) is 0 Å². The second-order valence-electron chi connectivity index (χ2n) is 5.70.